The van der Waals surface area contributed by atoms with Gasteiger partial charge in [-0.25, -0.2) is 0 Å². The van der Waals surface area contributed by atoms with Gasteiger partial charge in [-0.1, -0.05) is 24.3 Å². The summed E-state index contributed by atoms with van der Waals surface area (Å²) >= 11 is 0. The van der Waals surface area contributed by atoms with Crippen molar-refractivity contribution in [3.05, 3.63) is 42.1 Å². The second-order valence-electron chi connectivity index (χ2n) is 5.84. The Morgan fingerprint density at radius 2 is 2.20 bits per heavy atom. The van der Waals surface area contributed by atoms with Crippen LogP contribution in [0.25, 0.3) is 10.9 Å². The number of benzene rings is 1. The molecular weight excluding hydrogens is 248 g/mol. The highest BCUT2D eigenvalue weighted by molar-refractivity contribution is 5.81. The van der Waals surface area contributed by atoms with Gasteiger partial charge in [0, 0.05) is 24.2 Å². The highest BCUT2D eigenvalue weighted by atomic mass is 16.3. The number of para-hydroxylation sites is 1. The largest absolute Gasteiger partial charge is 0.393 e. The minimum Gasteiger partial charge on any atom is -0.393 e. The van der Waals surface area contributed by atoms with Crippen molar-refractivity contribution in [2.75, 3.05) is 6.54 Å². The first-order valence-corrected chi connectivity index (χ1v) is 7.49. The number of hydrogen-bond acceptors (Lipinski definition) is 3. The van der Waals surface area contributed by atoms with Crippen molar-refractivity contribution in [1.82, 2.24) is 9.88 Å². The third kappa shape index (κ3) is 2.84. The highest BCUT2D eigenvalue weighted by Gasteiger charge is 2.25. The van der Waals surface area contributed by atoms with Crippen LogP contribution >= 0.6 is 0 Å². The summed E-state index contributed by atoms with van der Waals surface area (Å²) in [7, 11) is 0. The Labute approximate surface area is 120 Å². The van der Waals surface area contributed by atoms with E-state index in [0.717, 1.165) is 25.0 Å². The van der Waals surface area contributed by atoms with E-state index >= 15 is 0 Å². The van der Waals surface area contributed by atoms with Crippen molar-refractivity contribution in [3.8, 4) is 0 Å². The fourth-order valence-corrected chi connectivity index (χ4v) is 3.28. The molecule has 3 heteroatoms. The zero-order valence-corrected chi connectivity index (χ0v) is 12.0. The minimum absolute atomic E-state index is 0.216. The molecule has 0 aliphatic carbocycles. The van der Waals surface area contributed by atoms with Gasteiger partial charge in [0.2, 0.25) is 0 Å². The van der Waals surface area contributed by atoms with Crippen LogP contribution in [0.5, 0.6) is 0 Å². The quantitative estimate of drug-likeness (QED) is 0.928. The normalized spacial score (nSPS) is 21.4. The Balaban J connectivity index is 1.82. The van der Waals surface area contributed by atoms with E-state index in [-0.39, 0.29) is 6.10 Å². The zero-order chi connectivity index (χ0) is 13.9. The molecule has 0 radical (unpaired) electrons. The number of hydrogen-bond donors (Lipinski definition) is 1. The number of aromatic nitrogens is 1. The Hall–Kier alpha value is -1.45. The van der Waals surface area contributed by atoms with Gasteiger partial charge >= 0.3 is 0 Å². The van der Waals surface area contributed by atoms with Gasteiger partial charge in [0.25, 0.3) is 0 Å². The number of likely N-dealkylation sites (tertiary alicyclic amines) is 1. The molecule has 0 saturated carbocycles. The number of pyridine rings is 1. The predicted molar refractivity (Wildman–Crippen MR) is 81.5 cm³/mol. The fraction of sp³-hybridized carbons (Fsp3) is 0.471. The van der Waals surface area contributed by atoms with Gasteiger partial charge in [0.1, 0.15) is 0 Å². The summed E-state index contributed by atoms with van der Waals surface area (Å²) in [5.74, 6) is 0. The maximum Gasteiger partial charge on any atom is 0.0746 e. The molecule has 20 heavy (non-hydrogen) atoms. The Kier molecular flexibility index (Phi) is 3.99. The van der Waals surface area contributed by atoms with E-state index in [1.807, 2.05) is 19.2 Å². The van der Waals surface area contributed by atoms with E-state index in [1.54, 1.807) is 0 Å². The summed E-state index contributed by atoms with van der Waals surface area (Å²) in [6.07, 6.45) is 4.95. The van der Waals surface area contributed by atoms with E-state index in [9.17, 15) is 5.11 Å². The lowest BCUT2D eigenvalue weighted by atomic mass is 10.1. The lowest BCUT2D eigenvalue weighted by Gasteiger charge is -2.25. The maximum absolute atomic E-state index is 9.63. The molecule has 3 nitrogen and oxygen atoms in total. The van der Waals surface area contributed by atoms with Crippen molar-refractivity contribution in [2.24, 2.45) is 0 Å². The third-order valence-corrected chi connectivity index (χ3v) is 4.20. The van der Waals surface area contributed by atoms with E-state index < -0.39 is 0 Å². The number of rotatable bonds is 4. The summed E-state index contributed by atoms with van der Waals surface area (Å²) in [4.78, 5) is 7.03. The van der Waals surface area contributed by atoms with Crippen LogP contribution in [0, 0.1) is 0 Å². The number of aliphatic hydroxyl groups is 1. The second-order valence-corrected chi connectivity index (χ2v) is 5.84. The van der Waals surface area contributed by atoms with Crippen molar-refractivity contribution in [1.29, 1.82) is 0 Å². The molecule has 2 heterocycles. The van der Waals surface area contributed by atoms with Gasteiger partial charge in [-0.2, -0.15) is 0 Å². The summed E-state index contributed by atoms with van der Waals surface area (Å²) in [5, 5.41) is 10.8. The molecule has 1 N–H and O–H groups in total. The van der Waals surface area contributed by atoms with Gasteiger partial charge in [0.15, 0.2) is 0 Å². The average Bonchev–Trinajstić information content (AvgIpc) is 2.86. The summed E-state index contributed by atoms with van der Waals surface area (Å²) in [6, 6.07) is 11.0. The maximum atomic E-state index is 9.63. The summed E-state index contributed by atoms with van der Waals surface area (Å²) in [6.45, 7) is 3.95. The minimum atomic E-state index is -0.216. The molecule has 0 bridgehead atoms. The molecule has 1 fully saturated rings. The van der Waals surface area contributed by atoms with Gasteiger partial charge in [-0.05, 0) is 44.4 Å². The molecule has 106 valence electrons. The Morgan fingerprint density at radius 1 is 1.35 bits per heavy atom. The van der Waals surface area contributed by atoms with Gasteiger partial charge < -0.3 is 5.11 Å². The fourth-order valence-electron chi connectivity index (χ4n) is 3.28. The van der Waals surface area contributed by atoms with E-state index in [4.69, 9.17) is 0 Å². The molecule has 0 amide bonds. The van der Waals surface area contributed by atoms with Crippen LogP contribution in [0.3, 0.4) is 0 Å². The van der Waals surface area contributed by atoms with Crippen LogP contribution in [0.15, 0.2) is 36.5 Å². The van der Waals surface area contributed by atoms with Gasteiger partial charge in [0.05, 0.1) is 11.6 Å². The first-order valence-electron chi connectivity index (χ1n) is 7.49. The van der Waals surface area contributed by atoms with Crippen LogP contribution in [0.2, 0.25) is 0 Å². The van der Waals surface area contributed by atoms with E-state index in [0.29, 0.717) is 6.04 Å². The molecule has 2 unspecified atom stereocenters. The average molecular weight is 270 g/mol. The molecular formula is C17H22N2O. The highest BCUT2D eigenvalue weighted by Crippen LogP contribution is 2.25. The predicted octanol–water partition coefficient (Wildman–Crippen LogP) is 2.97. The first kappa shape index (κ1) is 13.5. The SMILES string of the molecule is CC(O)CC1CCCN1Cc1cccc2cccnc12. The Bertz CT molecular complexity index is 577. The summed E-state index contributed by atoms with van der Waals surface area (Å²) < 4.78 is 0. The van der Waals surface area contributed by atoms with Crippen molar-refractivity contribution in [3.63, 3.8) is 0 Å². The van der Waals surface area contributed by atoms with E-state index in [2.05, 4.69) is 34.1 Å². The summed E-state index contributed by atoms with van der Waals surface area (Å²) in [5.41, 5.74) is 2.40. The first-order chi connectivity index (χ1) is 9.74. The van der Waals surface area contributed by atoms with Gasteiger partial charge in [-0.3, -0.25) is 9.88 Å². The van der Waals surface area contributed by atoms with Crippen molar-refractivity contribution >= 4 is 10.9 Å². The third-order valence-electron chi connectivity index (χ3n) is 4.20. The second kappa shape index (κ2) is 5.90. The molecule has 2 atom stereocenters. The number of fused-ring (bicyclic) bond motifs is 1. The van der Waals surface area contributed by atoms with Crippen LogP contribution in [0.1, 0.15) is 31.7 Å². The smallest absolute Gasteiger partial charge is 0.0746 e. The number of nitrogens with zero attached hydrogens (tertiary/aromatic N) is 2. The number of aliphatic hydroxyl groups excluding tert-OH is 1. The Morgan fingerprint density at radius 3 is 3.05 bits per heavy atom. The lowest BCUT2D eigenvalue weighted by Crippen LogP contribution is -2.31. The molecule has 1 saturated heterocycles. The molecule has 1 aromatic carbocycles. The van der Waals surface area contributed by atoms with Crippen molar-refractivity contribution < 1.29 is 5.11 Å². The zero-order valence-electron chi connectivity index (χ0n) is 12.0. The molecule has 1 aliphatic rings. The topological polar surface area (TPSA) is 36.4 Å². The van der Waals surface area contributed by atoms with Crippen LogP contribution < -0.4 is 0 Å². The van der Waals surface area contributed by atoms with Crippen LogP contribution in [0.4, 0.5) is 0 Å². The molecule has 3 rings (SSSR count). The van der Waals surface area contributed by atoms with Crippen LogP contribution in [-0.4, -0.2) is 33.7 Å². The lowest BCUT2D eigenvalue weighted by molar-refractivity contribution is 0.131. The molecule has 0 spiro atoms. The van der Waals surface area contributed by atoms with E-state index in [1.165, 1.54) is 23.8 Å². The monoisotopic (exact) mass is 270 g/mol. The molecule has 1 aromatic heterocycles. The standard InChI is InChI=1S/C17H22N2O/c1-13(20)11-16-8-4-10-19(16)12-15-6-2-5-14-7-3-9-18-17(14)15/h2-3,5-7,9,13,16,20H,4,8,10-12H2,1H3. The van der Waals surface area contributed by atoms with Crippen molar-refractivity contribution in [2.45, 2.75) is 44.9 Å². The molecule has 2 aromatic rings. The molecule has 1 aliphatic heterocycles. The van der Waals surface area contributed by atoms with Gasteiger partial charge in [-0.15, -0.1) is 0 Å². The van der Waals surface area contributed by atoms with Crippen LogP contribution in [-0.2, 0) is 6.54 Å².